The highest BCUT2D eigenvalue weighted by Crippen LogP contribution is 2.38. The highest BCUT2D eigenvalue weighted by Gasteiger charge is 2.41. The van der Waals surface area contributed by atoms with Crippen LogP contribution in [0.4, 0.5) is 38.4 Å². The number of rotatable bonds is 46. The zero-order chi connectivity index (χ0) is 84.7. The summed E-state index contributed by atoms with van der Waals surface area (Å²) in [6.45, 7) is 9.85. The number of urea groups is 1. The van der Waals surface area contributed by atoms with Crippen LogP contribution in [-0.4, -0.2) is 268 Å². The van der Waals surface area contributed by atoms with E-state index in [0.717, 1.165) is 10.5 Å². The van der Waals surface area contributed by atoms with Gasteiger partial charge in [0.15, 0.2) is 5.82 Å². The Morgan fingerprint density at radius 3 is 2.09 bits per heavy atom. The van der Waals surface area contributed by atoms with Crippen molar-refractivity contribution in [2.45, 2.75) is 141 Å². The van der Waals surface area contributed by atoms with E-state index in [4.69, 9.17) is 53.3 Å². The summed E-state index contributed by atoms with van der Waals surface area (Å²) in [5.41, 5.74) is 10.7. The number of likely N-dealkylation sites (N-methyl/N-ethyl adjacent to an activating group) is 2. The largest absolute Gasteiger partial charge is 0.495 e. The third-order valence-corrected chi connectivity index (χ3v) is 20.7. The van der Waals surface area contributed by atoms with Gasteiger partial charge in [-0.1, -0.05) is 62.1 Å². The Morgan fingerprint density at radius 2 is 1.44 bits per heavy atom. The number of hydrogen-bond donors (Lipinski definition) is 7. The van der Waals surface area contributed by atoms with Gasteiger partial charge in [-0.2, -0.15) is 4.98 Å². The van der Waals surface area contributed by atoms with Crippen LogP contribution in [0.5, 0.6) is 5.75 Å². The van der Waals surface area contributed by atoms with E-state index in [2.05, 4.69) is 59.0 Å². The number of primary amides is 1. The van der Waals surface area contributed by atoms with Crippen molar-refractivity contribution in [2.75, 3.05) is 154 Å². The number of carbonyl (C=O) groups excluding carboxylic acids is 11. The number of fused-ring (bicyclic) bond motifs is 2. The van der Waals surface area contributed by atoms with E-state index in [1.807, 2.05) is 54.0 Å². The minimum Gasteiger partial charge on any atom is -0.495 e. The van der Waals surface area contributed by atoms with Gasteiger partial charge in [-0.15, -0.1) is 5.10 Å². The fraction of sp³-hybridized carbons (Fsp3) is 0.524. The lowest BCUT2D eigenvalue weighted by Gasteiger charge is -2.37. The number of anilines is 5. The molecule has 8 N–H and O–H groups in total. The van der Waals surface area contributed by atoms with E-state index in [1.165, 1.54) is 17.1 Å². The molecule has 0 bridgehead atoms. The molecular weight excluding hydrogens is 1540 g/mol. The molecule has 0 spiro atoms. The molecule has 4 aliphatic heterocycles. The molecule has 3 aromatic carbocycles. The highest BCUT2D eigenvalue weighted by molar-refractivity contribution is 6.13. The summed E-state index contributed by atoms with van der Waals surface area (Å²) in [6.07, 6.45) is 9.52. The van der Waals surface area contributed by atoms with Crippen molar-refractivity contribution in [1.29, 1.82) is 0 Å². The Balaban J connectivity index is 0.681. The van der Waals surface area contributed by atoms with E-state index in [0.29, 0.717) is 154 Å². The number of benzene rings is 3. The van der Waals surface area contributed by atoms with E-state index < -0.39 is 59.8 Å². The van der Waals surface area contributed by atoms with Crippen LogP contribution in [0, 0.1) is 17.8 Å². The summed E-state index contributed by atoms with van der Waals surface area (Å²) in [6, 6.07) is 13.2. The van der Waals surface area contributed by atoms with Crippen LogP contribution in [0.2, 0.25) is 0 Å². The molecule has 4 atom stereocenters. The molecule has 640 valence electrons. The van der Waals surface area contributed by atoms with Crippen molar-refractivity contribution in [2.24, 2.45) is 11.7 Å². The van der Waals surface area contributed by atoms with Gasteiger partial charge in [-0.25, -0.2) is 19.3 Å². The van der Waals surface area contributed by atoms with Gasteiger partial charge >= 0.3 is 12.1 Å². The minimum absolute atomic E-state index is 0.0269. The van der Waals surface area contributed by atoms with Crippen LogP contribution >= 0.6 is 0 Å². The molecule has 5 aromatic rings. The second-order valence-electron chi connectivity index (χ2n) is 29.1. The molecule has 12 amide bonds. The molecule has 6 heterocycles. The maximum Gasteiger partial charge on any atom is 0.410 e. The predicted octanol–water partition coefficient (Wildman–Crippen LogP) is 4.45. The lowest BCUT2D eigenvalue weighted by atomic mass is 9.90. The monoisotopic (exact) mass is 1650 g/mol. The van der Waals surface area contributed by atoms with E-state index in [-0.39, 0.29) is 152 Å². The minimum atomic E-state index is -1.12. The fourth-order valence-corrected chi connectivity index (χ4v) is 14.1. The van der Waals surface area contributed by atoms with E-state index in [9.17, 15) is 52.7 Å². The summed E-state index contributed by atoms with van der Waals surface area (Å²) in [7, 11) is 5.13. The number of imide groups is 2. The second-order valence-corrected chi connectivity index (χ2v) is 29.1. The Bertz CT molecular complexity index is 4430. The molecule has 0 radical (unpaired) electrons. The third kappa shape index (κ3) is 25.7. The van der Waals surface area contributed by atoms with Crippen LogP contribution < -0.4 is 52.2 Å². The van der Waals surface area contributed by atoms with Crippen molar-refractivity contribution in [3.63, 3.8) is 0 Å². The SMILES string of the molecule is CC[C@@H]1C(=O)N(C)c2cnc(Nc3ccc(-c4cn(C5CCC(N(CCOCCC#Cc6cccc7c6CN(C6CCC(=O)NC6=O)C7=O)C(=O)OCc6ccc(NC(=O)[C@H](CCCNC(N)=O)NC(=O)[C@H](NC(=O)CCOCCOCCOCCOCCOCCOCCN7C(=O)C=CC7=O)C(C)C)cc6)CC5)nn4)cc3OC)nc2N1C. The Labute approximate surface area is 690 Å². The molecule has 5 aliphatic rings. The normalized spacial score (nSPS) is 17.5. The van der Waals surface area contributed by atoms with Crippen LogP contribution in [-0.2, 0) is 89.4 Å². The summed E-state index contributed by atoms with van der Waals surface area (Å²) < 4.78 is 52.9. The van der Waals surface area contributed by atoms with E-state index in [1.54, 1.807) is 80.4 Å². The highest BCUT2D eigenvalue weighted by atomic mass is 16.6. The summed E-state index contributed by atoms with van der Waals surface area (Å²) in [5, 5.41) is 25.6. The van der Waals surface area contributed by atoms with Crippen molar-refractivity contribution in [3.8, 4) is 28.8 Å². The number of piperidine rings is 1. The van der Waals surface area contributed by atoms with Gasteiger partial charge < -0.3 is 94.5 Å². The van der Waals surface area contributed by atoms with E-state index >= 15 is 0 Å². The van der Waals surface area contributed by atoms with Gasteiger partial charge in [0.1, 0.15) is 47.9 Å². The molecule has 37 nitrogen and oxygen atoms in total. The van der Waals surface area contributed by atoms with Gasteiger partial charge in [-0.05, 0) is 105 Å². The first-order valence-corrected chi connectivity index (χ1v) is 40.1. The van der Waals surface area contributed by atoms with Crippen molar-refractivity contribution in [3.05, 3.63) is 107 Å². The topological polar surface area (TPSA) is 442 Å². The molecule has 1 unspecified atom stereocenters. The lowest BCUT2D eigenvalue weighted by Crippen LogP contribution is -2.54. The molecule has 2 aromatic heterocycles. The van der Waals surface area contributed by atoms with Gasteiger partial charge in [0.2, 0.25) is 41.4 Å². The first kappa shape index (κ1) is 89.8. The summed E-state index contributed by atoms with van der Waals surface area (Å²) >= 11 is 0. The predicted molar refractivity (Wildman–Crippen MR) is 432 cm³/mol. The number of amides is 12. The molecular formula is C82H107N17O20. The molecule has 119 heavy (non-hydrogen) atoms. The second kappa shape index (κ2) is 45.4. The average molecular weight is 1650 g/mol. The van der Waals surface area contributed by atoms with Gasteiger partial charge in [0.05, 0.1) is 130 Å². The maximum atomic E-state index is 14.4. The number of aromatic nitrogens is 5. The number of methoxy groups -OCH3 is 1. The Hall–Kier alpha value is -11.5. The smallest absolute Gasteiger partial charge is 0.410 e. The van der Waals surface area contributed by atoms with Crippen LogP contribution in [0.1, 0.15) is 124 Å². The number of nitrogens with two attached hydrogens (primary N) is 1. The zero-order valence-electron chi connectivity index (χ0n) is 68.1. The molecule has 10 rings (SSSR count). The quantitative estimate of drug-likeness (QED) is 0.0161. The van der Waals surface area contributed by atoms with Crippen LogP contribution in [0.25, 0.3) is 11.3 Å². The number of nitrogens with zero attached hydrogens (tertiary/aromatic N) is 10. The zero-order valence-corrected chi connectivity index (χ0v) is 68.1. The molecule has 1 saturated carbocycles. The average Bonchev–Trinajstić information content (AvgIpc) is 1.76. The van der Waals surface area contributed by atoms with Crippen molar-refractivity contribution in [1.82, 2.24) is 60.9 Å². The number of carbonyl (C=O) groups is 11. The van der Waals surface area contributed by atoms with Crippen molar-refractivity contribution >= 4 is 94.1 Å². The van der Waals surface area contributed by atoms with Crippen LogP contribution in [0.3, 0.4) is 0 Å². The molecule has 1 saturated heterocycles. The van der Waals surface area contributed by atoms with Gasteiger partial charge in [0, 0.05) is 93.6 Å². The number of hydrogen-bond acceptors (Lipinski definition) is 26. The Morgan fingerprint density at radius 1 is 0.765 bits per heavy atom. The summed E-state index contributed by atoms with van der Waals surface area (Å²) in [5.74, 6) is 3.90. The van der Waals surface area contributed by atoms with Gasteiger partial charge in [-0.3, -0.25) is 53.4 Å². The lowest BCUT2D eigenvalue weighted by molar-refractivity contribution is -0.138. The van der Waals surface area contributed by atoms with Crippen LogP contribution in [0.15, 0.2) is 85.2 Å². The third-order valence-electron chi connectivity index (χ3n) is 20.7. The maximum absolute atomic E-state index is 14.4. The summed E-state index contributed by atoms with van der Waals surface area (Å²) in [4.78, 5) is 158. The fourth-order valence-electron chi connectivity index (χ4n) is 14.1. The standard InChI is InChI=1S/C82H107N17O20/c1-7-65-79(108)95(5)67-49-85-81(91-74(67)94(65)4)88-62-25-18-56(48-68(62)111-6)64-51-99(93-92-64)59-23-21-58(22-24-59)96(32-36-112-34-9-8-12-55-13-10-14-60-61(55)50-98(78(60)107)66-26-27-69(100)90-76(66)105)82(110)119-52-54-16-19-57(20-17-54)86-75(104)63(15-11-31-84-80(83)109)87-77(106)73(53(2)3)89-70(101)30-35-113-38-40-115-42-44-117-46-47-118-45-43-116-41-39-114-37-33-97-71(102)28-29-72(97)103/h10,13-14,16-20,25,28-29,48-49,51,53,58-59,63,65-66,73H,7,9,11,15,21-24,26-27,30-47,50,52H2,1-6H3,(H,86,104)(H,87,106)(H,89,101)(H3,83,84,109)(H,85,88,91)(H,90,100,105)/t58?,59?,63-,65+,66?,73+/m0/s1. The molecule has 37 heteroatoms. The first-order chi connectivity index (χ1) is 57.6. The Kier molecular flexibility index (Phi) is 34.3. The van der Waals surface area contributed by atoms with Crippen molar-refractivity contribution < 1.29 is 95.4 Å². The van der Waals surface area contributed by atoms with Gasteiger partial charge in [0.25, 0.3) is 17.7 Å². The molecule has 1 aliphatic carbocycles. The number of nitrogens with one attached hydrogen (secondary N) is 6. The molecule has 2 fully saturated rings. The number of ether oxygens (including phenoxy) is 9. The first-order valence-electron chi connectivity index (χ1n) is 40.1.